The van der Waals surface area contributed by atoms with Gasteiger partial charge in [-0.15, -0.1) is 0 Å². The van der Waals surface area contributed by atoms with Crippen LogP contribution in [0.3, 0.4) is 0 Å². The third-order valence-electron chi connectivity index (χ3n) is 6.52. The van der Waals surface area contributed by atoms with Crippen molar-refractivity contribution in [1.82, 2.24) is 4.90 Å². The summed E-state index contributed by atoms with van der Waals surface area (Å²) < 4.78 is 0. The molecule has 3 heterocycles. The largest absolute Gasteiger partial charge is 0.292 e. The first-order valence-electron chi connectivity index (χ1n) is 9.97. The van der Waals surface area contributed by atoms with E-state index in [0.29, 0.717) is 16.3 Å². The van der Waals surface area contributed by atoms with Gasteiger partial charge in [-0.3, -0.25) is 19.3 Å². The molecular weight excluding hydrogens is 388 g/mol. The number of halogens is 1. The van der Waals surface area contributed by atoms with E-state index in [4.69, 9.17) is 11.6 Å². The summed E-state index contributed by atoms with van der Waals surface area (Å²) in [7, 11) is 0. The average molecular weight is 409 g/mol. The third kappa shape index (κ3) is 2.75. The summed E-state index contributed by atoms with van der Waals surface area (Å²) >= 11 is 6.09. The van der Waals surface area contributed by atoms with E-state index in [1.54, 1.807) is 24.3 Å². The molecule has 0 radical (unpaired) electrons. The maximum Gasteiger partial charge on any atom is 0.239 e. The molecule has 0 spiro atoms. The number of ketones is 1. The molecule has 5 nitrogen and oxygen atoms in total. The molecule has 2 aromatic carbocycles. The van der Waals surface area contributed by atoms with Gasteiger partial charge in [0, 0.05) is 16.6 Å². The van der Waals surface area contributed by atoms with E-state index in [2.05, 4.69) is 4.90 Å². The minimum absolute atomic E-state index is 0.0555. The second-order valence-electron chi connectivity index (χ2n) is 8.17. The number of carbonyl (C=O) groups excluding carboxylic acids is 3. The van der Waals surface area contributed by atoms with Crippen LogP contribution in [0.25, 0.3) is 0 Å². The number of imide groups is 1. The van der Waals surface area contributed by atoms with Crippen LogP contribution < -0.4 is 4.90 Å². The smallest absolute Gasteiger partial charge is 0.239 e. The molecule has 0 aromatic heterocycles. The molecule has 5 rings (SSSR count). The number of carbonyl (C=O) groups is 3. The summed E-state index contributed by atoms with van der Waals surface area (Å²) in [4.78, 5) is 43.5. The highest BCUT2D eigenvalue weighted by molar-refractivity contribution is 6.31. The molecule has 29 heavy (non-hydrogen) atoms. The minimum atomic E-state index is -0.638. The molecule has 3 saturated heterocycles. The number of anilines is 1. The van der Waals surface area contributed by atoms with Crippen LogP contribution in [0, 0.1) is 18.8 Å². The zero-order valence-corrected chi connectivity index (χ0v) is 16.8. The van der Waals surface area contributed by atoms with Crippen molar-refractivity contribution in [3.63, 3.8) is 0 Å². The van der Waals surface area contributed by atoms with Gasteiger partial charge in [-0.1, -0.05) is 47.5 Å². The number of amides is 2. The molecule has 0 unspecified atom stereocenters. The molecule has 0 N–H and O–H groups in total. The van der Waals surface area contributed by atoms with Crippen LogP contribution in [0.4, 0.5) is 5.69 Å². The van der Waals surface area contributed by atoms with Crippen molar-refractivity contribution >= 4 is 34.9 Å². The van der Waals surface area contributed by atoms with E-state index in [9.17, 15) is 14.4 Å². The monoisotopic (exact) mass is 408 g/mol. The van der Waals surface area contributed by atoms with E-state index in [-0.39, 0.29) is 23.6 Å². The van der Waals surface area contributed by atoms with E-state index >= 15 is 0 Å². The van der Waals surface area contributed by atoms with Gasteiger partial charge in [-0.25, -0.2) is 4.90 Å². The summed E-state index contributed by atoms with van der Waals surface area (Å²) in [6.45, 7) is 2.72. The number of Topliss-reactive ketones (excluding diaryl/α,β-unsaturated/α-hetero) is 1. The highest BCUT2D eigenvalue weighted by Crippen LogP contribution is 2.48. The normalized spacial score (nSPS) is 28.7. The second-order valence-corrected chi connectivity index (χ2v) is 8.60. The van der Waals surface area contributed by atoms with Crippen LogP contribution in [0.2, 0.25) is 5.02 Å². The Labute approximate surface area is 174 Å². The number of rotatable bonds is 3. The fourth-order valence-corrected chi connectivity index (χ4v) is 5.46. The summed E-state index contributed by atoms with van der Waals surface area (Å²) in [6, 6.07) is 13.6. The molecular formula is C23H21ClN2O3. The van der Waals surface area contributed by atoms with Gasteiger partial charge in [0.05, 0.1) is 23.6 Å². The summed E-state index contributed by atoms with van der Waals surface area (Å²) in [5, 5.41) is 0.468. The lowest BCUT2D eigenvalue weighted by atomic mass is 9.85. The molecule has 0 bridgehead atoms. The van der Waals surface area contributed by atoms with Gasteiger partial charge in [0.2, 0.25) is 11.8 Å². The Morgan fingerprint density at radius 3 is 2.48 bits per heavy atom. The maximum absolute atomic E-state index is 13.4. The molecule has 4 atom stereocenters. The van der Waals surface area contributed by atoms with Crippen LogP contribution in [0.1, 0.15) is 28.8 Å². The predicted octanol–water partition coefficient (Wildman–Crippen LogP) is 3.48. The van der Waals surface area contributed by atoms with Crippen molar-refractivity contribution in [3.05, 3.63) is 64.7 Å². The van der Waals surface area contributed by atoms with Crippen molar-refractivity contribution in [1.29, 1.82) is 0 Å². The molecule has 148 valence electrons. The number of fused-ring (bicyclic) bond motifs is 3. The van der Waals surface area contributed by atoms with E-state index in [0.717, 1.165) is 24.9 Å². The standard InChI is InChI=1S/C23H21ClN2O3/c1-13-7-9-14(10-8-13)21(27)20-19-18(17-6-3-11-25(17)20)22(28)26(23(19)29)16-5-2-4-15(24)12-16/h2,4-5,7-10,12,17-20H,3,6,11H2,1H3/t17-,18-,19+,20-/m0/s1. The lowest BCUT2D eigenvalue weighted by Crippen LogP contribution is -2.46. The average Bonchev–Trinajstić information content (AvgIpc) is 3.34. The second kappa shape index (κ2) is 6.78. The topological polar surface area (TPSA) is 57.7 Å². The Morgan fingerprint density at radius 1 is 1.03 bits per heavy atom. The van der Waals surface area contributed by atoms with Gasteiger partial charge >= 0.3 is 0 Å². The van der Waals surface area contributed by atoms with E-state index in [1.165, 1.54) is 4.90 Å². The molecule has 3 aliphatic heterocycles. The van der Waals surface area contributed by atoms with Crippen molar-refractivity contribution in [2.24, 2.45) is 11.8 Å². The highest BCUT2D eigenvalue weighted by Gasteiger charge is 2.64. The molecule has 6 heteroatoms. The number of benzene rings is 2. The zero-order chi connectivity index (χ0) is 20.3. The van der Waals surface area contributed by atoms with Crippen LogP contribution in [0.15, 0.2) is 48.5 Å². The first-order chi connectivity index (χ1) is 14.0. The fourth-order valence-electron chi connectivity index (χ4n) is 5.27. The van der Waals surface area contributed by atoms with Crippen LogP contribution in [-0.2, 0) is 9.59 Å². The lowest BCUT2D eigenvalue weighted by Gasteiger charge is -2.27. The molecule has 0 saturated carbocycles. The molecule has 2 amide bonds. The molecule has 3 aliphatic rings. The summed E-state index contributed by atoms with van der Waals surface area (Å²) in [5.74, 6) is -1.68. The summed E-state index contributed by atoms with van der Waals surface area (Å²) in [6.07, 6.45) is 1.77. The first kappa shape index (κ1) is 18.5. The number of hydrogen-bond acceptors (Lipinski definition) is 4. The number of nitrogens with zero attached hydrogens (tertiary/aromatic N) is 2. The van der Waals surface area contributed by atoms with E-state index < -0.39 is 17.9 Å². The number of hydrogen-bond donors (Lipinski definition) is 0. The predicted molar refractivity (Wildman–Crippen MR) is 110 cm³/mol. The Bertz CT molecular complexity index is 1020. The van der Waals surface area contributed by atoms with Crippen LogP contribution in [0.5, 0.6) is 0 Å². The third-order valence-corrected chi connectivity index (χ3v) is 6.76. The van der Waals surface area contributed by atoms with Gasteiger partial charge in [-0.2, -0.15) is 0 Å². The van der Waals surface area contributed by atoms with Crippen molar-refractivity contribution in [2.45, 2.75) is 31.8 Å². The van der Waals surface area contributed by atoms with Crippen LogP contribution in [-0.4, -0.2) is 41.1 Å². The van der Waals surface area contributed by atoms with Gasteiger partial charge in [0.1, 0.15) is 0 Å². The van der Waals surface area contributed by atoms with E-state index in [1.807, 2.05) is 31.2 Å². The Balaban J connectivity index is 1.55. The zero-order valence-electron chi connectivity index (χ0n) is 16.0. The SMILES string of the molecule is Cc1ccc(C(=O)[C@@H]2[C@@H]3C(=O)N(c4cccc(Cl)c4)C(=O)[C@H]3[C@@H]3CCCN23)cc1. The highest BCUT2D eigenvalue weighted by atomic mass is 35.5. The molecule has 3 fully saturated rings. The van der Waals surface area contributed by atoms with Crippen molar-refractivity contribution in [3.8, 4) is 0 Å². The number of aryl methyl sites for hydroxylation is 1. The Hall–Kier alpha value is -2.50. The quantitative estimate of drug-likeness (QED) is 0.576. The fraction of sp³-hybridized carbons (Fsp3) is 0.348. The Morgan fingerprint density at radius 2 is 1.76 bits per heavy atom. The Kier molecular flexibility index (Phi) is 4.33. The van der Waals surface area contributed by atoms with Gasteiger partial charge in [0.25, 0.3) is 0 Å². The maximum atomic E-state index is 13.4. The first-order valence-corrected chi connectivity index (χ1v) is 10.3. The van der Waals surface area contributed by atoms with Crippen molar-refractivity contribution < 1.29 is 14.4 Å². The molecule has 0 aliphatic carbocycles. The lowest BCUT2D eigenvalue weighted by molar-refractivity contribution is -0.123. The van der Waals surface area contributed by atoms with Crippen molar-refractivity contribution in [2.75, 3.05) is 11.4 Å². The van der Waals surface area contributed by atoms with Gasteiger partial charge in [0.15, 0.2) is 5.78 Å². The summed E-state index contributed by atoms with van der Waals surface area (Å²) in [5.41, 5.74) is 2.14. The van der Waals surface area contributed by atoms with Gasteiger partial charge in [-0.05, 0) is 44.5 Å². The minimum Gasteiger partial charge on any atom is -0.292 e. The van der Waals surface area contributed by atoms with Crippen LogP contribution >= 0.6 is 11.6 Å². The molecule has 2 aromatic rings. The van der Waals surface area contributed by atoms with Gasteiger partial charge < -0.3 is 0 Å².